The Hall–Kier alpha value is -2.43. The van der Waals surface area contributed by atoms with Crippen LogP contribution in [0.25, 0.3) is 10.2 Å². The summed E-state index contributed by atoms with van der Waals surface area (Å²) in [6.45, 7) is 0.0677. The second kappa shape index (κ2) is 7.90. The Morgan fingerprint density at radius 2 is 2.11 bits per heavy atom. The van der Waals surface area contributed by atoms with Crippen molar-refractivity contribution in [1.82, 2.24) is 14.9 Å². The maximum absolute atomic E-state index is 12.9. The van der Waals surface area contributed by atoms with E-state index in [-0.39, 0.29) is 24.3 Å². The van der Waals surface area contributed by atoms with Gasteiger partial charge in [0.15, 0.2) is 0 Å². The predicted molar refractivity (Wildman–Crippen MR) is 102 cm³/mol. The molecule has 0 spiro atoms. The number of benzene rings is 1. The molecule has 148 valence electrons. The summed E-state index contributed by atoms with van der Waals surface area (Å²) in [6.07, 6.45) is -4.62. The molecular weight excluding hydrogens is 417 g/mol. The number of carbonyl (C=O) groups is 1. The number of aromatic amines is 1. The van der Waals surface area contributed by atoms with Crippen LogP contribution in [0.15, 0.2) is 34.4 Å². The van der Waals surface area contributed by atoms with Crippen LogP contribution in [-0.4, -0.2) is 34.4 Å². The molecule has 0 radical (unpaired) electrons. The zero-order valence-electron chi connectivity index (χ0n) is 14.4. The fraction of sp³-hybridized carbons (Fsp3) is 0.235. The van der Waals surface area contributed by atoms with Crippen LogP contribution in [0.3, 0.4) is 0 Å². The molecule has 3 aromatic rings. The summed E-state index contributed by atoms with van der Waals surface area (Å²) in [4.78, 5) is 32.6. The third-order valence-electron chi connectivity index (χ3n) is 3.75. The van der Waals surface area contributed by atoms with Crippen molar-refractivity contribution in [3.05, 3.63) is 56.4 Å². The first-order chi connectivity index (χ1) is 13.1. The molecule has 0 aliphatic rings. The molecule has 1 amide bonds. The molecule has 6 nitrogen and oxygen atoms in total. The standard InChI is InChI=1S/C17H14ClF3N4O2S/c1-25(7-13-23-12-4-5-28-15(12)16(27)24-13)8-14(26)22-9-2-3-11(18)10(6-9)17(19,20)21/h2-6H,7-8H2,1H3,(H,22,26)(H,23,24,27). The molecule has 1 aromatic carbocycles. The number of hydrogen-bond donors (Lipinski definition) is 2. The number of nitrogens with one attached hydrogen (secondary N) is 2. The molecule has 28 heavy (non-hydrogen) atoms. The van der Waals surface area contributed by atoms with Crippen LogP contribution < -0.4 is 10.9 Å². The largest absolute Gasteiger partial charge is 0.417 e. The number of likely N-dealkylation sites (N-methyl/N-ethyl adjacent to an activating group) is 1. The number of carbonyl (C=O) groups excluding carboxylic acids is 1. The maximum atomic E-state index is 12.9. The quantitative estimate of drug-likeness (QED) is 0.646. The van der Waals surface area contributed by atoms with Gasteiger partial charge in [0.2, 0.25) is 5.91 Å². The lowest BCUT2D eigenvalue weighted by atomic mass is 10.2. The molecule has 2 aromatic heterocycles. The number of amides is 1. The van der Waals surface area contributed by atoms with E-state index in [0.29, 0.717) is 16.0 Å². The van der Waals surface area contributed by atoms with Crippen molar-refractivity contribution in [3.8, 4) is 0 Å². The first kappa shape index (κ1) is 20.3. The van der Waals surface area contributed by atoms with Crippen molar-refractivity contribution in [2.24, 2.45) is 0 Å². The van der Waals surface area contributed by atoms with Crippen LogP contribution in [0.4, 0.5) is 18.9 Å². The number of nitrogens with zero attached hydrogens (tertiary/aromatic N) is 2. The van der Waals surface area contributed by atoms with Crippen LogP contribution in [0.2, 0.25) is 5.02 Å². The third-order valence-corrected chi connectivity index (χ3v) is 4.98. The van der Waals surface area contributed by atoms with Crippen LogP contribution in [0.5, 0.6) is 0 Å². The van der Waals surface area contributed by atoms with Crippen LogP contribution in [0.1, 0.15) is 11.4 Å². The average molecular weight is 431 g/mol. The van der Waals surface area contributed by atoms with E-state index in [1.165, 1.54) is 17.4 Å². The summed E-state index contributed by atoms with van der Waals surface area (Å²) >= 11 is 6.85. The Kier molecular flexibility index (Phi) is 5.73. The Morgan fingerprint density at radius 1 is 1.36 bits per heavy atom. The molecule has 2 heterocycles. The average Bonchev–Trinajstić information content (AvgIpc) is 3.04. The van der Waals surface area contributed by atoms with E-state index in [4.69, 9.17) is 11.6 Å². The highest BCUT2D eigenvalue weighted by atomic mass is 35.5. The number of H-pyrrole nitrogens is 1. The first-order valence-electron chi connectivity index (χ1n) is 7.95. The number of anilines is 1. The minimum absolute atomic E-state index is 0.0126. The minimum atomic E-state index is -4.62. The smallest absolute Gasteiger partial charge is 0.325 e. The summed E-state index contributed by atoms with van der Waals surface area (Å²) in [6, 6.07) is 4.88. The molecule has 0 atom stereocenters. The molecule has 0 unspecified atom stereocenters. The van der Waals surface area contributed by atoms with Gasteiger partial charge in [0.1, 0.15) is 10.5 Å². The van der Waals surface area contributed by atoms with E-state index >= 15 is 0 Å². The van der Waals surface area contributed by atoms with E-state index in [9.17, 15) is 22.8 Å². The SMILES string of the molecule is CN(CC(=O)Nc1ccc(Cl)c(C(F)(F)F)c1)Cc1nc2ccsc2c(=O)[nH]1. The molecule has 2 N–H and O–H groups in total. The van der Waals surface area contributed by atoms with Gasteiger partial charge in [-0.2, -0.15) is 13.2 Å². The molecule has 0 aliphatic carbocycles. The molecule has 11 heteroatoms. The third kappa shape index (κ3) is 4.70. The second-order valence-electron chi connectivity index (χ2n) is 6.06. The lowest BCUT2D eigenvalue weighted by Crippen LogP contribution is -2.31. The van der Waals surface area contributed by atoms with E-state index in [0.717, 1.165) is 12.1 Å². The summed E-state index contributed by atoms with van der Waals surface area (Å²) in [5, 5.41) is 3.72. The number of aromatic nitrogens is 2. The normalized spacial score (nSPS) is 11.9. The zero-order chi connectivity index (χ0) is 20.5. The molecule has 3 rings (SSSR count). The van der Waals surface area contributed by atoms with Crippen molar-refractivity contribution < 1.29 is 18.0 Å². The molecule has 0 aliphatic heterocycles. The monoisotopic (exact) mass is 430 g/mol. The number of fused-ring (bicyclic) bond motifs is 1. The van der Waals surface area contributed by atoms with Crippen LogP contribution in [-0.2, 0) is 17.5 Å². The van der Waals surface area contributed by atoms with Gasteiger partial charge in [0, 0.05) is 5.69 Å². The van der Waals surface area contributed by atoms with Crippen molar-refractivity contribution in [1.29, 1.82) is 0 Å². The van der Waals surface area contributed by atoms with Gasteiger partial charge in [-0.25, -0.2) is 4.98 Å². The lowest BCUT2D eigenvalue weighted by Gasteiger charge is -2.16. The summed E-state index contributed by atoms with van der Waals surface area (Å²) < 4.78 is 39.2. The van der Waals surface area contributed by atoms with Gasteiger partial charge in [-0.3, -0.25) is 14.5 Å². The number of hydrogen-bond acceptors (Lipinski definition) is 5. The Labute approximate surface area is 166 Å². The zero-order valence-corrected chi connectivity index (χ0v) is 16.0. The van der Waals surface area contributed by atoms with Crippen LogP contribution in [0, 0.1) is 0 Å². The van der Waals surface area contributed by atoms with Crippen molar-refractivity contribution in [2.45, 2.75) is 12.7 Å². The predicted octanol–water partition coefficient (Wildman–Crippen LogP) is 3.73. The van der Waals surface area contributed by atoms with Gasteiger partial charge in [-0.1, -0.05) is 11.6 Å². The van der Waals surface area contributed by atoms with Gasteiger partial charge < -0.3 is 10.3 Å². The highest BCUT2D eigenvalue weighted by molar-refractivity contribution is 7.17. The van der Waals surface area contributed by atoms with E-state index in [1.807, 2.05) is 0 Å². The summed E-state index contributed by atoms with van der Waals surface area (Å²) in [7, 11) is 1.63. The number of halogens is 4. The maximum Gasteiger partial charge on any atom is 0.417 e. The fourth-order valence-corrected chi connectivity index (χ4v) is 3.52. The Morgan fingerprint density at radius 3 is 2.82 bits per heavy atom. The van der Waals surface area contributed by atoms with Gasteiger partial charge in [-0.15, -0.1) is 11.3 Å². The Bertz CT molecular complexity index is 1080. The van der Waals surface area contributed by atoms with Gasteiger partial charge in [0.25, 0.3) is 5.56 Å². The number of rotatable bonds is 5. The Balaban J connectivity index is 1.65. The van der Waals surface area contributed by atoms with Gasteiger partial charge in [0.05, 0.1) is 29.2 Å². The molecule has 0 bridgehead atoms. The first-order valence-corrected chi connectivity index (χ1v) is 9.21. The van der Waals surface area contributed by atoms with Crippen molar-refractivity contribution in [3.63, 3.8) is 0 Å². The number of alkyl halides is 3. The minimum Gasteiger partial charge on any atom is -0.325 e. The highest BCUT2D eigenvalue weighted by Gasteiger charge is 2.33. The lowest BCUT2D eigenvalue weighted by molar-refractivity contribution is -0.137. The van der Waals surface area contributed by atoms with E-state index in [1.54, 1.807) is 23.4 Å². The summed E-state index contributed by atoms with van der Waals surface area (Å²) in [5.74, 6) is -0.131. The molecule has 0 saturated heterocycles. The fourth-order valence-electron chi connectivity index (χ4n) is 2.57. The summed E-state index contributed by atoms with van der Waals surface area (Å²) in [5.41, 5.74) is -0.719. The second-order valence-corrected chi connectivity index (χ2v) is 7.38. The molecule has 0 fully saturated rings. The van der Waals surface area contributed by atoms with Crippen molar-refractivity contribution >= 4 is 44.7 Å². The van der Waals surface area contributed by atoms with E-state index in [2.05, 4.69) is 15.3 Å². The van der Waals surface area contributed by atoms with Crippen LogP contribution >= 0.6 is 22.9 Å². The van der Waals surface area contributed by atoms with Gasteiger partial charge in [-0.05, 0) is 36.7 Å². The van der Waals surface area contributed by atoms with Crippen molar-refractivity contribution in [2.75, 3.05) is 18.9 Å². The topological polar surface area (TPSA) is 78.1 Å². The highest BCUT2D eigenvalue weighted by Crippen LogP contribution is 2.36. The number of thiophene rings is 1. The van der Waals surface area contributed by atoms with E-state index < -0.39 is 22.7 Å². The molecule has 0 saturated carbocycles. The van der Waals surface area contributed by atoms with Gasteiger partial charge >= 0.3 is 6.18 Å². The molecular formula is C17H14ClF3N4O2S.